The number of hydrogen-bond donors (Lipinski definition) is 1. The van der Waals surface area contributed by atoms with Crippen molar-refractivity contribution in [2.75, 3.05) is 7.11 Å². The van der Waals surface area contributed by atoms with Crippen molar-refractivity contribution in [1.82, 2.24) is 0 Å². The van der Waals surface area contributed by atoms with E-state index in [1.165, 1.54) is 11.1 Å². The number of methoxy groups -OCH3 is 1. The maximum absolute atomic E-state index is 6.23. The van der Waals surface area contributed by atoms with Crippen LogP contribution in [-0.2, 0) is 12.8 Å². The monoisotopic (exact) mass is 255 g/mol. The lowest BCUT2D eigenvalue weighted by atomic mass is 9.98. The molecule has 0 saturated carbocycles. The zero-order valence-electron chi connectivity index (χ0n) is 11.6. The van der Waals surface area contributed by atoms with E-state index in [-0.39, 0.29) is 6.04 Å². The van der Waals surface area contributed by atoms with Crippen molar-refractivity contribution in [2.24, 2.45) is 5.73 Å². The summed E-state index contributed by atoms with van der Waals surface area (Å²) >= 11 is 0. The molecule has 1 atom stereocenters. The molecule has 0 radical (unpaired) electrons. The first-order valence-electron chi connectivity index (χ1n) is 6.62. The molecule has 100 valence electrons. The van der Waals surface area contributed by atoms with Crippen molar-refractivity contribution in [1.29, 1.82) is 0 Å². The largest absolute Gasteiger partial charge is 0.496 e. The Hall–Kier alpha value is -1.80. The minimum atomic E-state index is 0.148. The van der Waals surface area contributed by atoms with Gasteiger partial charge >= 0.3 is 0 Å². The molecule has 2 aromatic carbocycles. The molecule has 0 aliphatic carbocycles. The first kappa shape index (κ1) is 13.6. The zero-order valence-corrected chi connectivity index (χ0v) is 11.6. The van der Waals surface area contributed by atoms with Crippen LogP contribution in [0.15, 0.2) is 48.5 Å². The highest BCUT2D eigenvalue weighted by Crippen LogP contribution is 2.19. The lowest BCUT2D eigenvalue weighted by molar-refractivity contribution is 0.411. The molecule has 2 rings (SSSR count). The van der Waals surface area contributed by atoms with E-state index < -0.39 is 0 Å². The highest BCUT2D eigenvalue weighted by atomic mass is 16.5. The second kappa shape index (κ2) is 6.39. The van der Waals surface area contributed by atoms with Crippen LogP contribution in [0.3, 0.4) is 0 Å². The van der Waals surface area contributed by atoms with E-state index in [0.29, 0.717) is 0 Å². The van der Waals surface area contributed by atoms with Gasteiger partial charge < -0.3 is 10.5 Å². The summed E-state index contributed by atoms with van der Waals surface area (Å²) in [6.45, 7) is 2.06. The van der Waals surface area contributed by atoms with Gasteiger partial charge in [-0.3, -0.25) is 0 Å². The van der Waals surface area contributed by atoms with Gasteiger partial charge in [0.2, 0.25) is 0 Å². The maximum Gasteiger partial charge on any atom is 0.121 e. The average Bonchev–Trinajstić information content (AvgIpc) is 2.40. The Morgan fingerprint density at radius 2 is 1.68 bits per heavy atom. The van der Waals surface area contributed by atoms with Crippen molar-refractivity contribution in [3.05, 3.63) is 65.2 Å². The van der Waals surface area contributed by atoms with Crippen LogP contribution in [0, 0.1) is 6.92 Å². The SMILES string of the molecule is COc1ccc(CC(N)Cc2ccccc2)cc1C. The smallest absolute Gasteiger partial charge is 0.121 e. The first-order chi connectivity index (χ1) is 9.19. The zero-order chi connectivity index (χ0) is 13.7. The van der Waals surface area contributed by atoms with Crippen LogP contribution < -0.4 is 10.5 Å². The molecule has 2 heteroatoms. The molecule has 0 bridgehead atoms. The predicted molar refractivity (Wildman–Crippen MR) is 79.6 cm³/mol. The van der Waals surface area contributed by atoms with E-state index in [1.54, 1.807) is 7.11 Å². The number of ether oxygens (including phenoxy) is 1. The summed E-state index contributed by atoms with van der Waals surface area (Å²) in [5, 5.41) is 0. The van der Waals surface area contributed by atoms with Crippen LogP contribution >= 0.6 is 0 Å². The summed E-state index contributed by atoms with van der Waals surface area (Å²) in [5.74, 6) is 0.931. The summed E-state index contributed by atoms with van der Waals surface area (Å²) in [6.07, 6.45) is 1.80. The van der Waals surface area contributed by atoms with Gasteiger partial charge in [0, 0.05) is 6.04 Å². The van der Waals surface area contributed by atoms with Gasteiger partial charge in [0.05, 0.1) is 7.11 Å². The van der Waals surface area contributed by atoms with Gasteiger partial charge in [-0.1, -0.05) is 42.5 Å². The third-order valence-corrected chi connectivity index (χ3v) is 3.30. The highest BCUT2D eigenvalue weighted by Gasteiger charge is 2.07. The average molecular weight is 255 g/mol. The summed E-state index contributed by atoms with van der Waals surface area (Å²) in [5.41, 5.74) is 9.94. The molecule has 0 aliphatic rings. The van der Waals surface area contributed by atoms with Gasteiger partial charge in [0.1, 0.15) is 5.75 Å². The summed E-state index contributed by atoms with van der Waals surface area (Å²) in [6, 6.07) is 16.8. The highest BCUT2D eigenvalue weighted by molar-refractivity contribution is 5.36. The molecule has 0 heterocycles. The molecule has 0 spiro atoms. The molecule has 0 amide bonds. The molecular weight excluding hydrogens is 234 g/mol. The van der Waals surface area contributed by atoms with Crippen LogP contribution in [0.2, 0.25) is 0 Å². The molecule has 2 N–H and O–H groups in total. The Bertz CT molecular complexity index is 522. The van der Waals surface area contributed by atoms with Gasteiger partial charge in [-0.25, -0.2) is 0 Å². The van der Waals surface area contributed by atoms with E-state index in [9.17, 15) is 0 Å². The predicted octanol–water partition coefficient (Wildman–Crippen LogP) is 3.12. The minimum absolute atomic E-state index is 0.148. The summed E-state index contributed by atoms with van der Waals surface area (Å²) < 4.78 is 5.27. The normalized spacial score (nSPS) is 12.2. The lowest BCUT2D eigenvalue weighted by Crippen LogP contribution is -2.25. The van der Waals surface area contributed by atoms with Crippen LogP contribution in [0.1, 0.15) is 16.7 Å². The van der Waals surface area contributed by atoms with E-state index >= 15 is 0 Å². The third kappa shape index (κ3) is 3.83. The van der Waals surface area contributed by atoms with Crippen molar-refractivity contribution in [2.45, 2.75) is 25.8 Å². The Morgan fingerprint density at radius 1 is 1.00 bits per heavy atom. The Morgan fingerprint density at radius 3 is 2.32 bits per heavy atom. The standard InChI is InChI=1S/C17H21NO/c1-13-10-15(8-9-17(13)19-2)12-16(18)11-14-6-4-3-5-7-14/h3-10,16H,11-12,18H2,1-2H3. The van der Waals surface area contributed by atoms with E-state index in [2.05, 4.69) is 43.3 Å². The van der Waals surface area contributed by atoms with E-state index in [0.717, 1.165) is 24.2 Å². The fraction of sp³-hybridized carbons (Fsp3) is 0.294. The molecule has 0 aromatic heterocycles. The number of nitrogens with two attached hydrogens (primary N) is 1. The van der Waals surface area contributed by atoms with Crippen molar-refractivity contribution in [3.63, 3.8) is 0 Å². The molecule has 19 heavy (non-hydrogen) atoms. The molecule has 1 unspecified atom stereocenters. The first-order valence-corrected chi connectivity index (χ1v) is 6.62. The summed E-state index contributed by atoms with van der Waals surface area (Å²) in [4.78, 5) is 0. The van der Waals surface area contributed by atoms with Crippen molar-refractivity contribution < 1.29 is 4.74 Å². The van der Waals surface area contributed by atoms with Gasteiger partial charge in [-0.2, -0.15) is 0 Å². The van der Waals surface area contributed by atoms with Crippen molar-refractivity contribution in [3.8, 4) is 5.75 Å². The fourth-order valence-corrected chi connectivity index (χ4v) is 2.36. The fourth-order valence-electron chi connectivity index (χ4n) is 2.36. The molecule has 2 nitrogen and oxygen atoms in total. The molecule has 0 saturated heterocycles. The second-order valence-corrected chi connectivity index (χ2v) is 4.96. The Labute approximate surface area is 115 Å². The number of aryl methyl sites for hydroxylation is 1. The molecular formula is C17H21NO. The van der Waals surface area contributed by atoms with E-state index in [1.807, 2.05) is 12.1 Å². The van der Waals surface area contributed by atoms with Crippen LogP contribution in [0.25, 0.3) is 0 Å². The summed E-state index contributed by atoms with van der Waals surface area (Å²) in [7, 11) is 1.70. The maximum atomic E-state index is 6.23. The van der Waals surface area contributed by atoms with Gasteiger partial charge in [-0.05, 0) is 42.5 Å². The van der Waals surface area contributed by atoms with Crippen LogP contribution in [-0.4, -0.2) is 13.2 Å². The molecule has 2 aromatic rings. The number of benzene rings is 2. The van der Waals surface area contributed by atoms with Crippen LogP contribution in [0.5, 0.6) is 5.75 Å². The topological polar surface area (TPSA) is 35.2 Å². The van der Waals surface area contributed by atoms with Crippen molar-refractivity contribution >= 4 is 0 Å². The quantitative estimate of drug-likeness (QED) is 0.891. The lowest BCUT2D eigenvalue weighted by Gasteiger charge is -2.13. The Balaban J connectivity index is 1.99. The van der Waals surface area contributed by atoms with E-state index in [4.69, 9.17) is 10.5 Å². The second-order valence-electron chi connectivity index (χ2n) is 4.96. The van der Waals surface area contributed by atoms with Gasteiger partial charge in [0.15, 0.2) is 0 Å². The van der Waals surface area contributed by atoms with Gasteiger partial charge in [-0.15, -0.1) is 0 Å². The number of hydrogen-bond acceptors (Lipinski definition) is 2. The molecule has 0 aliphatic heterocycles. The Kier molecular flexibility index (Phi) is 4.58. The number of rotatable bonds is 5. The molecule has 0 fully saturated rings. The van der Waals surface area contributed by atoms with Crippen LogP contribution in [0.4, 0.5) is 0 Å². The van der Waals surface area contributed by atoms with Gasteiger partial charge in [0.25, 0.3) is 0 Å². The minimum Gasteiger partial charge on any atom is -0.496 e. The third-order valence-electron chi connectivity index (χ3n) is 3.30.